The molecule has 1 aromatic heterocycles. The molecule has 25 heavy (non-hydrogen) atoms. The molecule has 1 saturated heterocycles. The maximum atomic E-state index is 13.3. The van der Waals surface area contributed by atoms with Gasteiger partial charge in [-0.3, -0.25) is 0 Å². The lowest BCUT2D eigenvalue weighted by Crippen LogP contribution is -2.19. The molecule has 0 aliphatic carbocycles. The average Bonchev–Trinajstić information content (AvgIpc) is 2.91. The van der Waals surface area contributed by atoms with Crippen LogP contribution < -0.4 is 4.74 Å². The van der Waals surface area contributed by atoms with Gasteiger partial charge in [0.25, 0.3) is 0 Å². The largest absolute Gasteiger partial charge is 0.457 e. The maximum absolute atomic E-state index is 13.3. The number of hydrogen-bond donors (Lipinski definition) is 0. The SMILES string of the molecule is Fc1cc(F)cc(Oc2ccc3c(c2)c(I)nn3C2CCCCO2)c1. The maximum Gasteiger partial charge on any atom is 0.150 e. The Morgan fingerprint density at radius 1 is 1.08 bits per heavy atom. The summed E-state index contributed by atoms with van der Waals surface area (Å²) in [5, 5.41) is 5.51. The summed E-state index contributed by atoms with van der Waals surface area (Å²) in [6.45, 7) is 0.745. The summed E-state index contributed by atoms with van der Waals surface area (Å²) in [7, 11) is 0. The first-order chi connectivity index (χ1) is 12.1. The van der Waals surface area contributed by atoms with Gasteiger partial charge in [0.05, 0.1) is 5.52 Å². The number of nitrogens with zero attached hydrogens (tertiary/aromatic N) is 2. The molecule has 130 valence electrons. The van der Waals surface area contributed by atoms with E-state index in [1.54, 1.807) is 6.07 Å². The van der Waals surface area contributed by atoms with Crippen molar-refractivity contribution < 1.29 is 18.3 Å². The van der Waals surface area contributed by atoms with Gasteiger partial charge in [-0.2, -0.15) is 5.10 Å². The molecule has 4 nitrogen and oxygen atoms in total. The number of fused-ring (bicyclic) bond motifs is 1. The summed E-state index contributed by atoms with van der Waals surface area (Å²) >= 11 is 2.17. The Bertz CT molecular complexity index is 903. The van der Waals surface area contributed by atoms with Crippen molar-refractivity contribution >= 4 is 33.5 Å². The molecule has 1 unspecified atom stereocenters. The molecule has 1 fully saturated rings. The van der Waals surface area contributed by atoms with Crippen LogP contribution in [0.1, 0.15) is 25.5 Å². The van der Waals surface area contributed by atoms with E-state index in [2.05, 4.69) is 27.7 Å². The van der Waals surface area contributed by atoms with Gasteiger partial charge in [-0.05, 0) is 60.1 Å². The Morgan fingerprint density at radius 3 is 2.60 bits per heavy atom. The molecular formula is C18H15F2IN2O2. The van der Waals surface area contributed by atoms with Crippen LogP contribution in [0.2, 0.25) is 0 Å². The Labute approximate surface area is 156 Å². The highest BCUT2D eigenvalue weighted by Crippen LogP contribution is 2.32. The topological polar surface area (TPSA) is 36.3 Å². The molecule has 1 aliphatic rings. The van der Waals surface area contributed by atoms with Gasteiger partial charge in [0, 0.05) is 30.2 Å². The van der Waals surface area contributed by atoms with Crippen molar-refractivity contribution in [1.82, 2.24) is 9.78 Å². The smallest absolute Gasteiger partial charge is 0.150 e. The summed E-state index contributed by atoms with van der Waals surface area (Å²) in [6, 6.07) is 8.60. The molecule has 0 bridgehead atoms. The zero-order valence-electron chi connectivity index (χ0n) is 13.2. The average molecular weight is 456 g/mol. The molecule has 0 N–H and O–H groups in total. The standard InChI is InChI=1S/C18H15F2IN2O2/c19-11-7-12(20)9-14(8-11)25-13-4-5-16-15(10-13)18(21)22-23(16)17-3-1-2-6-24-17/h4-5,7-10,17H,1-3,6H2. The molecule has 0 radical (unpaired) electrons. The minimum atomic E-state index is -0.673. The fraction of sp³-hybridized carbons (Fsp3) is 0.278. The zero-order valence-corrected chi connectivity index (χ0v) is 15.4. The number of aromatic nitrogens is 2. The molecule has 1 aliphatic heterocycles. The molecule has 0 spiro atoms. The van der Waals surface area contributed by atoms with Crippen LogP contribution in [0.4, 0.5) is 8.78 Å². The van der Waals surface area contributed by atoms with E-state index in [0.717, 1.165) is 58.7 Å². The minimum Gasteiger partial charge on any atom is -0.457 e. The summed E-state index contributed by atoms with van der Waals surface area (Å²) in [4.78, 5) is 0. The molecule has 0 amide bonds. The predicted octanol–water partition coefficient (Wildman–Crippen LogP) is 5.41. The van der Waals surface area contributed by atoms with E-state index in [4.69, 9.17) is 9.47 Å². The lowest BCUT2D eigenvalue weighted by atomic mass is 10.2. The highest BCUT2D eigenvalue weighted by atomic mass is 127. The second-order valence-electron chi connectivity index (χ2n) is 5.94. The minimum absolute atomic E-state index is 0.0520. The quantitative estimate of drug-likeness (QED) is 0.495. The molecule has 2 aromatic carbocycles. The Balaban J connectivity index is 1.67. The van der Waals surface area contributed by atoms with Crippen LogP contribution in [0.15, 0.2) is 36.4 Å². The number of benzene rings is 2. The van der Waals surface area contributed by atoms with Crippen LogP contribution in [-0.2, 0) is 4.74 Å². The van der Waals surface area contributed by atoms with E-state index in [0.29, 0.717) is 5.75 Å². The number of ether oxygens (including phenoxy) is 2. The van der Waals surface area contributed by atoms with Gasteiger partial charge >= 0.3 is 0 Å². The normalized spacial score (nSPS) is 17.8. The molecule has 2 heterocycles. The van der Waals surface area contributed by atoms with E-state index in [9.17, 15) is 8.78 Å². The molecular weight excluding hydrogens is 441 g/mol. The molecule has 7 heteroatoms. The lowest BCUT2D eigenvalue weighted by molar-refractivity contribution is -0.0368. The second kappa shape index (κ2) is 6.87. The molecule has 1 atom stereocenters. The third-order valence-corrected chi connectivity index (χ3v) is 4.93. The van der Waals surface area contributed by atoms with Crippen molar-refractivity contribution in [2.75, 3.05) is 6.61 Å². The monoisotopic (exact) mass is 456 g/mol. The van der Waals surface area contributed by atoms with Crippen LogP contribution in [0.5, 0.6) is 11.5 Å². The van der Waals surface area contributed by atoms with Gasteiger partial charge in [0.1, 0.15) is 26.8 Å². The summed E-state index contributed by atoms with van der Waals surface area (Å²) in [6.07, 6.45) is 3.08. The van der Waals surface area contributed by atoms with Crippen molar-refractivity contribution in [1.29, 1.82) is 0 Å². The predicted molar refractivity (Wildman–Crippen MR) is 97.7 cm³/mol. The number of hydrogen-bond acceptors (Lipinski definition) is 3. The fourth-order valence-corrected chi connectivity index (χ4v) is 3.67. The Morgan fingerprint density at radius 2 is 1.88 bits per heavy atom. The van der Waals surface area contributed by atoms with Crippen LogP contribution in [-0.4, -0.2) is 16.4 Å². The van der Waals surface area contributed by atoms with Crippen molar-refractivity contribution in [2.45, 2.75) is 25.5 Å². The van der Waals surface area contributed by atoms with Crippen molar-refractivity contribution in [3.8, 4) is 11.5 Å². The first kappa shape index (κ1) is 16.7. The van der Waals surface area contributed by atoms with Gasteiger partial charge in [-0.25, -0.2) is 13.5 Å². The van der Waals surface area contributed by atoms with Crippen LogP contribution >= 0.6 is 22.6 Å². The van der Waals surface area contributed by atoms with E-state index in [1.165, 1.54) is 0 Å². The van der Waals surface area contributed by atoms with Crippen molar-refractivity contribution in [2.24, 2.45) is 0 Å². The van der Waals surface area contributed by atoms with E-state index < -0.39 is 11.6 Å². The second-order valence-corrected chi connectivity index (χ2v) is 6.96. The lowest BCUT2D eigenvalue weighted by Gasteiger charge is -2.23. The molecule has 4 rings (SSSR count). The van der Waals surface area contributed by atoms with E-state index in [1.807, 2.05) is 16.8 Å². The first-order valence-electron chi connectivity index (χ1n) is 8.03. The highest BCUT2D eigenvalue weighted by Gasteiger charge is 2.20. The summed E-state index contributed by atoms with van der Waals surface area (Å²) in [5.74, 6) is -0.727. The van der Waals surface area contributed by atoms with Crippen molar-refractivity contribution in [3.05, 3.63) is 51.7 Å². The van der Waals surface area contributed by atoms with Gasteiger partial charge < -0.3 is 9.47 Å². The van der Waals surface area contributed by atoms with Crippen LogP contribution in [0.25, 0.3) is 10.9 Å². The third-order valence-electron chi connectivity index (χ3n) is 4.13. The Kier molecular flexibility index (Phi) is 4.60. The van der Waals surface area contributed by atoms with E-state index in [-0.39, 0.29) is 12.0 Å². The number of rotatable bonds is 3. The van der Waals surface area contributed by atoms with Crippen LogP contribution in [0.3, 0.4) is 0 Å². The highest BCUT2D eigenvalue weighted by molar-refractivity contribution is 14.1. The number of halogens is 3. The summed E-state index contributed by atoms with van der Waals surface area (Å²) < 4.78 is 40.8. The van der Waals surface area contributed by atoms with Gasteiger partial charge in [-0.15, -0.1) is 0 Å². The third kappa shape index (κ3) is 3.48. The molecule has 0 saturated carbocycles. The fourth-order valence-electron chi connectivity index (χ4n) is 3.01. The summed E-state index contributed by atoms with van der Waals surface area (Å²) in [5.41, 5.74) is 0.953. The van der Waals surface area contributed by atoms with Gasteiger partial charge in [0.15, 0.2) is 6.23 Å². The molecule has 3 aromatic rings. The van der Waals surface area contributed by atoms with Gasteiger partial charge in [0.2, 0.25) is 0 Å². The van der Waals surface area contributed by atoms with Gasteiger partial charge in [-0.1, -0.05) is 0 Å². The van der Waals surface area contributed by atoms with Crippen molar-refractivity contribution in [3.63, 3.8) is 0 Å². The Hall–Kier alpha value is -1.74. The first-order valence-corrected chi connectivity index (χ1v) is 9.11. The van der Waals surface area contributed by atoms with E-state index >= 15 is 0 Å². The zero-order chi connectivity index (χ0) is 17.4. The van der Waals surface area contributed by atoms with Crippen LogP contribution in [0, 0.1) is 15.3 Å².